The molecule has 1 aromatic rings. The van der Waals surface area contributed by atoms with Gasteiger partial charge in [-0.05, 0) is 45.4 Å². The smallest absolute Gasteiger partial charge is 0.260 e. The number of hydrogen-bond acceptors (Lipinski definition) is 4. The van der Waals surface area contributed by atoms with E-state index in [1.165, 1.54) is 12.6 Å². The van der Waals surface area contributed by atoms with Crippen LogP contribution in [-0.2, 0) is 9.59 Å². The summed E-state index contributed by atoms with van der Waals surface area (Å²) < 4.78 is 0. The first-order chi connectivity index (χ1) is 13.5. The van der Waals surface area contributed by atoms with E-state index in [0.29, 0.717) is 17.8 Å². The van der Waals surface area contributed by atoms with Crippen LogP contribution in [0, 0.1) is 0 Å². The number of anilines is 1. The summed E-state index contributed by atoms with van der Waals surface area (Å²) in [5, 5.41) is 12.6. The van der Waals surface area contributed by atoms with Crippen LogP contribution >= 0.6 is 0 Å². The molecule has 0 bridgehead atoms. The van der Waals surface area contributed by atoms with Crippen LogP contribution in [0.25, 0.3) is 0 Å². The molecule has 0 aromatic carbocycles. The average molecular weight is 387 g/mol. The number of rotatable bonds is 3. The Morgan fingerprint density at radius 3 is 2.61 bits per heavy atom. The molecule has 2 fully saturated rings. The lowest BCUT2D eigenvalue weighted by atomic mass is 9.83. The summed E-state index contributed by atoms with van der Waals surface area (Å²) >= 11 is 0. The highest BCUT2D eigenvalue weighted by molar-refractivity contribution is 6.06. The largest absolute Gasteiger partial charge is 0.351 e. The van der Waals surface area contributed by atoms with Crippen molar-refractivity contribution >= 4 is 23.5 Å². The Bertz CT molecular complexity index is 766. The van der Waals surface area contributed by atoms with Crippen molar-refractivity contribution in [1.82, 2.24) is 20.4 Å². The van der Waals surface area contributed by atoms with Gasteiger partial charge in [-0.1, -0.05) is 19.3 Å². The van der Waals surface area contributed by atoms with Gasteiger partial charge in [-0.25, -0.2) is 0 Å². The molecule has 152 valence electrons. The first kappa shape index (κ1) is 19.0. The third-order valence-corrected chi connectivity index (χ3v) is 6.59. The molecule has 2 heterocycles. The molecule has 2 aliphatic carbocycles. The predicted molar refractivity (Wildman–Crippen MR) is 104 cm³/mol. The molecule has 1 unspecified atom stereocenters. The first-order valence-corrected chi connectivity index (χ1v) is 10.5. The number of aromatic nitrogens is 2. The van der Waals surface area contributed by atoms with E-state index in [0.717, 1.165) is 44.9 Å². The van der Waals surface area contributed by atoms with E-state index >= 15 is 0 Å². The van der Waals surface area contributed by atoms with Crippen LogP contribution in [-0.4, -0.2) is 50.4 Å². The topological polar surface area (TPSA) is 107 Å². The lowest BCUT2D eigenvalue weighted by Crippen LogP contribution is -2.64. The van der Waals surface area contributed by atoms with Crippen LogP contribution in [0.3, 0.4) is 0 Å². The number of nitrogens with zero attached hydrogens (tertiary/aromatic N) is 2. The minimum absolute atomic E-state index is 0.0190. The molecule has 3 N–H and O–H groups in total. The number of H-pyrrole nitrogens is 1. The molecule has 3 amide bonds. The van der Waals surface area contributed by atoms with Crippen molar-refractivity contribution in [1.29, 1.82) is 0 Å². The molecule has 1 atom stereocenters. The average Bonchev–Trinajstić information content (AvgIpc) is 3.11. The molecule has 0 radical (unpaired) electrons. The van der Waals surface area contributed by atoms with Gasteiger partial charge in [0.1, 0.15) is 16.9 Å². The Balaban J connectivity index is 1.68. The van der Waals surface area contributed by atoms with Gasteiger partial charge in [0, 0.05) is 18.5 Å². The van der Waals surface area contributed by atoms with Crippen molar-refractivity contribution in [3.8, 4) is 0 Å². The monoisotopic (exact) mass is 387 g/mol. The van der Waals surface area contributed by atoms with Gasteiger partial charge in [0.05, 0.1) is 6.20 Å². The normalized spacial score (nSPS) is 27.1. The molecule has 8 heteroatoms. The second kappa shape index (κ2) is 7.56. The predicted octanol–water partition coefficient (Wildman–Crippen LogP) is 2.34. The molecule has 0 saturated heterocycles. The number of carbonyl (C=O) groups is 3. The number of carbonyl (C=O) groups excluding carboxylic acids is 3. The van der Waals surface area contributed by atoms with Crippen molar-refractivity contribution < 1.29 is 14.4 Å². The zero-order valence-corrected chi connectivity index (χ0v) is 16.4. The Morgan fingerprint density at radius 2 is 1.93 bits per heavy atom. The quantitative estimate of drug-likeness (QED) is 0.740. The second-order valence-corrected chi connectivity index (χ2v) is 8.55. The fourth-order valence-electron chi connectivity index (χ4n) is 4.60. The standard InChI is InChI=1S/C20H29N5O3/c1-20(19(28)22-13-6-3-2-4-7-13)11-10-16(26)23-17-15(12-21-24-17)18(27)25(20)14-8-5-9-14/h12-14H,2-11H2,1H3,(H,22,28)(H2,21,23,24,26). The molecule has 28 heavy (non-hydrogen) atoms. The maximum absolute atomic E-state index is 13.5. The minimum atomic E-state index is -1.06. The van der Waals surface area contributed by atoms with E-state index in [2.05, 4.69) is 20.8 Å². The van der Waals surface area contributed by atoms with Gasteiger partial charge in [-0.3, -0.25) is 19.5 Å². The lowest BCUT2D eigenvalue weighted by Gasteiger charge is -2.48. The van der Waals surface area contributed by atoms with E-state index in [1.54, 1.807) is 4.90 Å². The Morgan fingerprint density at radius 1 is 1.18 bits per heavy atom. The van der Waals surface area contributed by atoms with E-state index in [-0.39, 0.29) is 36.2 Å². The van der Waals surface area contributed by atoms with Crippen LogP contribution in [0.4, 0.5) is 5.82 Å². The van der Waals surface area contributed by atoms with E-state index in [1.807, 2.05) is 6.92 Å². The Labute approximate surface area is 164 Å². The van der Waals surface area contributed by atoms with Crippen LogP contribution in [0.2, 0.25) is 0 Å². The molecule has 1 aliphatic heterocycles. The molecule has 2 saturated carbocycles. The van der Waals surface area contributed by atoms with Crippen molar-refractivity contribution in [2.75, 3.05) is 5.32 Å². The van der Waals surface area contributed by atoms with Crippen LogP contribution < -0.4 is 10.6 Å². The summed E-state index contributed by atoms with van der Waals surface area (Å²) in [6, 6.07) is 0.174. The fraction of sp³-hybridized carbons (Fsp3) is 0.700. The molecule has 3 aliphatic rings. The summed E-state index contributed by atoms with van der Waals surface area (Å²) in [4.78, 5) is 41.1. The second-order valence-electron chi connectivity index (χ2n) is 8.55. The number of amides is 3. The van der Waals surface area contributed by atoms with Gasteiger partial charge in [-0.2, -0.15) is 5.10 Å². The molecular formula is C20H29N5O3. The van der Waals surface area contributed by atoms with Crippen LogP contribution in [0.1, 0.15) is 81.5 Å². The summed E-state index contributed by atoms with van der Waals surface area (Å²) in [5.41, 5.74) is -0.741. The van der Waals surface area contributed by atoms with Crippen molar-refractivity contribution in [2.45, 2.75) is 88.8 Å². The van der Waals surface area contributed by atoms with Crippen molar-refractivity contribution in [2.24, 2.45) is 0 Å². The summed E-state index contributed by atoms with van der Waals surface area (Å²) in [6.07, 6.45) is 10.1. The highest BCUT2D eigenvalue weighted by Gasteiger charge is 2.48. The van der Waals surface area contributed by atoms with Crippen LogP contribution in [0.5, 0.6) is 0 Å². The Hall–Kier alpha value is -2.38. The Kier molecular flexibility index (Phi) is 5.12. The van der Waals surface area contributed by atoms with E-state index < -0.39 is 5.54 Å². The van der Waals surface area contributed by atoms with Gasteiger partial charge in [0.15, 0.2) is 0 Å². The fourth-order valence-corrected chi connectivity index (χ4v) is 4.60. The molecule has 4 rings (SSSR count). The third-order valence-electron chi connectivity index (χ3n) is 6.59. The minimum Gasteiger partial charge on any atom is -0.351 e. The first-order valence-electron chi connectivity index (χ1n) is 10.5. The molecular weight excluding hydrogens is 358 g/mol. The van der Waals surface area contributed by atoms with Gasteiger partial charge < -0.3 is 15.5 Å². The van der Waals surface area contributed by atoms with Crippen molar-refractivity contribution in [3.63, 3.8) is 0 Å². The van der Waals surface area contributed by atoms with Gasteiger partial charge >= 0.3 is 0 Å². The summed E-state index contributed by atoms with van der Waals surface area (Å²) in [5.74, 6) is -0.280. The van der Waals surface area contributed by atoms with Gasteiger partial charge in [0.2, 0.25) is 11.8 Å². The third kappa shape index (κ3) is 3.40. The van der Waals surface area contributed by atoms with E-state index in [4.69, 9.17) is 0 Å². The lowest BCUT2D eigenvalue weighted by molar-refractivity contribution is -0.135. The zero-order chi connectivity index (χ0) is 19.7. The number of aromatic amines is 1. The molecule has 1 aromatic heterocycles. The van der Waals surface area contributed by atoms with Gasteiger partial charge in [0.25, 0.3) is 5.91 Å². The SMILES string of the molecule is CC1(C(=O)NC2CCCCC2)CCC(=O)Nc2[nH]ncc2C(=O)N1C1CCC1. The number of hydrogen-bond donors (Lipinski definition) is 3. The molecule has 0 spiro atoms. The molecule has 8 nitrogen and oxygen atoms in total. The highest BCUT2D eigenvalue weighted by atomic mass is 16.2. The summed E-state index contributed by atoms with van der Waals surface area (Å²) in [7, 11) is 0. The number of fused-ring (bicyclic) bond motifs is 1. The highest BCUT2D eigenvalue weighted by Crippen LogP contribution is 2.37. The maximum atomic E-state index is 13.5. The summed E-state index contributed by atoms with van der Waals surface area (Å²) in [6.45, 7) is 1.82. The van der Waals surface area contributed by atoms with Crippen molar-refractivity contribution in [3.05, 3.63) is 11.8 Å². The van der Waals surface area contributed by atoms with Gasteiger partial charge in [-0.15, -0.1) is 0 Å². The van der Waals surface area contributed by atoms with Crippen LogP contribution in [0.15, 0.2) is 6.20 Å². The number of nitrogens with one attached hydrogen (secondary N) is 3. The maximum Gasteiger partial charge on any atom is 0.260 e. The van der Waals surface area contributed by atoms with E-state index in [9.17, 15) is 14.4 Å². The zero-order valence-electron chi connectivity index (χ0n) is 16.4.